The first kappa shape index (κ1) is 11.3. The fraction of sp³-hybridized carbons (Fsp3) is 1.00. The third-order valence-corrected chi connectivity index (χ3v) is 4.23. The maximum Gasteiger partial charge on any atom is 0.102 e. The highest BCUT2D eigenvalue weighted by Crippen LogP contribution is 2.36. The van der Waals surface area contributed by atoms with E-state index in [0.29, 0.717) is 12.6 Å². The van der Waals surface area contributed by atoms with Crippen LogP contribution < -0.4 is 5.32 Å². The van der Waals surface area contributed by atoms with Crippen molar-refractivity contribution in [3.63, 3.8) is 0 Å². The second-order valence-electron chi connectivity index (χ2n) is 5.31. The molecule has 0 aromatic carbocycles. The molecular weight excluding hydrogens is 191 g/mol. The summed E-state index contributed by atoms with van der Waals surface area (Å²) in [6, 6.07) is 0.621. The Balaban J connectivity index is 1.97. The van der Waals surface area contributed by atoms with Crippen molar-refractivity contribution >= 4 is 0 Å². The van der Waals surface area contributed by atoms with Crippen LogP contribution in [0.3, 0.4) is 0 Å². The Labute approximate surface area is 92.2 Å². The molecule has 2 aliphatic rings. The summed E-state index contributed by atoms with van der Waals surface area (Å²) in [6.45, 7) is 6.90. The Kier molecular flexibility index (Phi) is 3.31. The summed E-state index contributed by atoms with van der Waals surface area (Å²) < 4.78 is 12.5. The maximum atomic E-state index is 12.5. The third-order valence-electron chi connectivity index (χ3n) is 4.23. The number of nitrogens with zero attached hydrogens (tertiary/aromatic N) is 1. The second kappa shape index (κ2) is 4.38. The first-order valence-corrected chi connectivity index (χ1v) is 6.24. The number of nitrogens with one attached hydrogen (secondary N) is 1. The standard InChI is InChI=1S/C12H23FN2/c1-3-12(2)9-14-11(10-4-5-10)8-15(12)7-6-13/h10-11,14H,3-9H2,1-2H3. The monoisotopic (exact) mass is 214 g/mol. The molecule has 3 heteroatoms. The summed E-state index contributed by atoms with van der Waals surface area (Å²) in [4.78, 5) is 2.35. The number of rotatable bonds is 4. The fourth-order valence-corrected chi connectivity index (χ4v) is 2.61. The van der Waals surface area contributed by atoms with Crippen LogP contribution in [0.2, 0.25) is 0 Å². The van der Waals surface area contributed by atoms with Crippen LogP contribution in [0, 0.1) is 5.92 Å². The van der Waals surface area contributed by atoms with Crippen molar-refractivity contribution in [1.82, 2.24) is 10.2 Å². The highest BCUT2D eigenvalue weighted by Gasteiger charge is 2.41. The van der Waals surface area contributed by atoms with Gasteiger partial charge in [0.15, 0.2) is 0 Å². The minimum atomic E-state index is -0.215. The van der Waals surface area contributed by atoms with Crippen LogP contribution in [-0.4, -0.2) is 42.8 Å². The molecule has 0 spiro atoms. The molecule has 2 rings (SSSR count). The molecule has 1 saturated carbocycles. The van der Waals surface area contributed by atoms with Crippen LogP contribution in [0.5, 0.6) is 0 Å². The van der Waals surface area contributed by atoms with Crippen molar-refractivity contribution < 1.29 is 4.39 Å². The summed E-state index contributed by atoms with van der Waals surface area (Å²) in [5.74, 6) is 0.869. The van der Waals surface area contributed by atoms with Crippen molar-refractivity contribution in [3.05, 3.63) is 0 Å². The van der Waals surface area contributed by atoms with Crippen molar-refractivity contribution in [1.29, 1.82) is 0 Å². The van der Waals surface area contributed by atoms with Gasteiger partial charge in [0.1, 0.15) is 6.67 Å². The molecule has 0 aromatic heterocycles. The van der Waals surface area contributed by atoms with E-state index in [1.165, 1.54) is 12.8 Å². The maximum absolute atomic E-state index is 12.5. The molecule has 1 heterocycles. The number of alkyl halides is 1. The first-order chi connectivity index (χ1) is 7.19. The van der Waals surface area contributed by atoms with Gasteiger partial charge in [-0.15, -0.1) is 0 Å². The van der Waals surface area contributed by atoms with E-state index in [9.17, 15) is 4.39 Å². The zero-order chi connectivity index (χ0) is 10.9. The van der Waals surface area contributed by atoms with E-state index in [2.05, 4.69) is 24.1 Å². The second-order valence-corrected chi connectivity index (χ2v) is 5.31. The van der Waals surface area contributed by atoms with Gasteiger partial charge in [-0.25, -0.2) is 4.39 Å². The average molecular weight is 214 g/mol. The van der Waals surface area contributed by atoms with Gasteiger partial charge in [-0.1, -0.05) is 6.92 Å². The minimum Gasteiger partial charge on any atom is -0.311 e. The van der Waals surface area contributed by atoms with Gasteiger partial charge >= 0.3 is 0 Å². The smallest absolute Gasteiger partial charge is 0.102 e. The number of hydrogen-bond donors (Lipinski definition) is 1. The Morgan fingerprint density at radius 2 is 2.20 bits per heavy atom. The van der Waals surface area contributed by atoms with Gasteiger partial charge in [0.05, 0.1) is 0 Å². The van der Waals surface area contributed by atoms with Crippen LogP contribution in [0.15, 0.2) is 0 Å². The highest BCUT2D eigenvalue weighted by atomic mass is 19.1. The minimum absolute atomic E-state index is 0.164. The van der Waals surface area contributed by atoms with E-state index in [-0.39, 0.29) is 12.2 Å². The predicted molar refractivity (Wildman–Crippen MR) is 60.8 cm³/mol. The molecule has 1 aliphatic carbocycles. The van der Waals surface area contributed by atoms with Gasteiger partial charge in [0.2, 0.25) is 0 Å². The van der Waals surface area contributed by atoms with Crippen molar-refractivity contribution in [2.24, 2.45) is 5.92 Å². The van der Waals surface area contributed by atoms with E-state index in [1.54, 1.807) is 0 Å². The summed E-state index contributed by atoms with van der Waals surface area (Å²) in [5, 5.41) is 3.65. The molecule has 15 heavy (non-hydrogen) atoms. The molecule has 1 saturated heterocycles. The normalized spacial score (nSPS) is 38.2. The van der Waals surface area contributed by atoms with Crippen molar-refractivity contribution in [2.75, 3.05) is 26.3 Å². The molecule has 88 valence electrons. The Morgan fingerprint density at radius 1 is 1.47 bits per heavy atom. The van der Waals surface area contributed by atoms with Crippen LogP contribution in [0.4, 0.5) is 4.39 Å². The quantitative estimate of drug-likeness (QED) is 0.768. The largest absolute Gasteiger partial charge is 0.311 e. The lowest BCUT2D eigenvalue weighted by Gasteiger charge is -2.47. The molecule has 1 aliphatic heterocycles. The van der Waals surface area contributed by atoms with Gasteiger partial charge in [-0.2, -0.15) is 0 Å². The molecule has 2 fully saturated rings. The van der Waals surface area contributed by atoms with Crippen molar-refractivity contribution in [2.45, 2.75) is 44.7 Å². The molecule has 2 atom stereocenters. The van der Waals surface area contributed by atoms with Crippen LogP contribution in [-0.2, 0) is 0 Å². The molecule has 2 unspecified atom stereocenters. The summed E-state index contributed by atoms with van der Waals surface area (Å²) in [6.07, 6.45) is 3.82. The lowest BCUT2D eigenvalue weighted by molar-refractivity contribution is 0.0392. The molecular formula is C12H23FN2. The molecule has 0 amide bonds. The number of piperazine rings is 1. The van der Waals surface area contributed by atoms with Crippen LogP contribution >= 0.6 is 0 Å². The first-order valence-electron chi connectivity index (χ1n) is 6.24. The summed E-state index contributed by atoms with van der Waals surface area (Å²) >= 11 is 0. The van der Waals surface area contributed by atoms with E-state index in [0.717, 1.165) is 25.4 Å². The topological polar surface area (TPSA) is 15.3 Å². The zero-order valence-electron chi connectivity index (χ0n) is 9.93. The molecule has 2 nitrogen and oxygen atoms in total. The van der Waals surface area contributed by atoms with Crippen LogP contribution in [0.1, 0.15) is 33.1 Å². The zero-order valence-corrected chi connectivity index (χ0v) is 9.93. The predicted octanol–water partition coefficient (Wildman–Crippen LogP) is 1.81. The SMILES string of the molecule is CCC1(C)CNC(C2CC2)CN1CCF. The Morgan fingerprint density at radius 3 is 2.73 bits per heavy atom. The third kappa shape index (κ3) is 2.34. The average Bonchev–Trinajstić information content (AvgIpc) is 3.05. The fourth-order valence-electron chi connectivity index (χ4n) is 2.61. The van der Waals surface area contributed by atoms with Crippen LogP contribution in [0.25, 0.3) is 0 Å². The van der Waals surface area contributed by atoms with Gasteiger partial charge in [0.25, 0.3) is 0 Å². The van der Waals surface area contributed by atoms with E-state index >= 15 is 0 Å². The Bertz CT molecular complexity index is 218. The number of hydrogen-bond acceptors (Lipinski definition) is 2. The van der Waals surface area contributed by atoms with Crippen molar-refractivity contribution in [3.8, 4) is 0 Å². The molecule has 1 N–H and O–H groups in total. The Hall–Kier alpha value is -0.150. The number of halogens is 1. The van der Waals surface area contributed by atoms with Gasteiger partial charge in [-0.05, 0) is 32.1 Å². The van der Waals surface area contributed by atoms with E-state index in [1.807, 2.05) is 0 Å². The van der Waals surface area contributed by atoms with Gasteiger partial charge in [-0.3, -0.25) is 4.90 Å². The van der Waals surface area contributed by atoms with Gasteiger partial charge < -0.3 is 5.32 Å². The van der Waals surface area contributed by atoms with E-state index < -0.39 is 0 Å². The molecule has 0 aromatic rings. The van der Waals surface area contributed by atoms with E-state index in [4.69, 9.17) is 0 Å². The molecule has 0 bridgehead atoms. The summed E-state index contributed by atoms with van der Waals surface area (Å²) in [7, 11) is 0. The summed E-state index contributed by atoms with van der Waals surface area (Å²) in [5.41, 5.74) is 0.164. The molecule has 0 radical (unpaired) electrons. The lowest BCUT2D eigenvalue weighted by Crippen LogP contribution is -2.63. The highest BCUT2D eigenvalue weighted by molar-refractivity contribution is 4.99. The lowest BCUT2D eigenvalue weighted by atomic mass is 9.91. The van der Waals surface area contributed by atoms with Gasteiger partial charge in [0, 0.05) is 31.2 Å².